The normalized spacial score (nSPS) is 20.2. The minimum Gasteiger partial charge on any atom is -0.418 e. The highest BCUT2D eigenvalue weighted by Gasteiger charge is 2.42. The molecule has 5 nitrogen and oxygen atoms in total. The molecule has 1 aromatic carbocycles. The lowest BCUT2D eigenvalue weighted by molar-refractivity contribution is -0.461. The smallest absolute Gasteiger partial charge is 0.348 e. The highest BCUT2D eigenvalue weighted by atomic mass is 79.9. The summed E-state index contributed by atoms with van der Waals surface area (Å²) in [5, 5.41) is 0. The van der Waals surface area contributed by atoms with Crippen molar-refractivity contribution in [2.75, 3.05) is 14.1 Å². The van der Waals surface area contributed by atoms with Gasteiger partial charge in [-0.1, -0.05) is 34.1 Å². The van der Waals surface area contributed by atoms with Crippen LogP contribution >= 0.6 is 15.9 Å². The van der Waals surface area contributed by atoms with Gasteiger partial charge in [0.15, 0.2) is 0 Å². The molecule has 0 saturated carbocycles. The second-order valence-electron chi connectivity index (χ2n) is 6.05. The van der Waals surface area contributed by atoms with E-state index in [4.69, 9.17) is 9.47 Å². The highest BCUT2D eigenvalue weighted by molar-refractivity contribution is 9.10. The molecule has 2 rings (SSSR count). The Kier molecular flexibility index (Phi) is 5.94. The standard InChI is InChI=1S/C18H21BrNO4/c1-18(11-12-20(2)3)23-16(21)15(17(22)24-18)6-4-5-13-7-9-14(19)10-8-13/h6-10,12H,4-5,11H2,1-3H3/q+1. The number of hydrogen-bond donors (Lipinski definition) is 0. The second-order valence-corrected chi connectivity index (χ2v) is 6.96. The molecule has 0 amide bonds. The van der Waals surface area contributed by atoms with E-state index in [0.29, 0.717) is 12.8 Å². The van der Waals surface area contributed by atoms with Crippen LogP contribution in [0.25, 0.3) is 0 Å². The Morgan fingerprint density at radius 1 is 1.12 bits per heavy atom. The first-order valence-corrected chi connectivity index (χ1v) is 8.49. The average Bonchev–Trinajstić information content (AvgIpc) is 2.50. The first-order chi connectivity index (χ1) is 11.3. The lowest BCUT2D eigenvalue weighted by Gasteiger charge is -2.31. The van der Waals surface area contributed by atoms with Crippen LogP contribution in [-0.4, -0.2) is 42.6 Å². The number of hydrogen-bond acceptors (Lipinski definition) is 4. The molecule has 0 unspecified atom stereocenters. The molecule has 0 radical (unpaired) electrons. The number of cyclic esters (lactones) is 2. The Bertz CT molecular complexity index is 667. The molecule has 1 fully saturated rings. The van der Waals surface area contributed by atoms with E-state index in [0.717, 1.165) is 16.5 Å². The molecule has 1 aromatic rings. The van der Waals surface area contributed by atoms with Crippen molar-refractivity contribution in [2.24, 2.45) is 0 Å². The van der Waals surface area contributed by atoms with Gasteiger partial charge in [0, 0.05) is 11.4 Å². The molecule has 1 aliphatic heterocycles. The molecule has 1 aliphatic rings. The summed E-state index contributed by atoms with van der Waals surface area (Å²) in [6.45, 7) is 1.58. The van der Waals surface area contributed by atoms with E-state index < -0.39 is 17.7 Å². The van der Waals surface area contributed by atoms with Gasteiger partial charge in [-0.15, -0.1) is 0 Å². The third-order valence-corrected chi connectivity index (χ3v) is 4.11. The van der Waals surface area contributed by atoms with Gasteiger partial charge in [0.1, 0.15) is 32.3 Å². The predicted molar refractivity (Wildman–Crippen MR) is 93.9 cm³/mol. The van der Waals surface area contributed by atoms with Gasteiger partial charge in [-0.25, -0.2) is 14.2 Å². The van der Waals surface area contributed by atoms with E-state index >= 15 is 0 Å². The molecule has 128 valence electrons. The van der Waals surface area contributed by atoms with Gasteiger partial charge < -0.3 is 9.47 Å². The van der Waals surface area contributed by atoms with Crippen molar-refractivity contribution in [2.45, 2.75) is 32.0 Å². The van der Waals surface area contributed by atoms with Crippen LogP contribution in [0.5, 0.6) is 0 Å². The number of allylic oxidation sites excluding steroid dienone is 1. The average molecular weight is 395 g/mol. The van der Waals surface area contributed by atoms with E-state index in [2.05, 4.69) is 15.9 Å². The molecule has 0 atom stereocenters. The fourth-order valence-corrected chi connectivity index (χ4v) is 2.50. The Hall–Kier alpha value is -1.95. The maximum atomic E-state index is 12.1. The Balaban J connectivity index is 1.99. The maximum Gasteiger partial charge on any atom is 0.348 e. The lowest BCUT2D eigenvalue weighted by atomic mass is 10.1. The summed E-state index contributed by atoms with van der Waals surface area (Å²) in [6, 6.07) is 7.90. The van der Waals surface area contributed by atoms with E-state index in [1.807, 2.05) is 42.9 Å². The van der Waals surface area contributed by atoms with Gasteiger partial charge in [-0.3, -0.25) is 0 Å². The first kappa shape index (κ1) is 18.4. The summed E-state index contributed by atoms with van der Waals surface area (Å²) in [5.74, 6) is -2.50. The van der Waals surface area contributed by atoms with Crippen LogP contribution < -0.4 is 0 Å². The predicted octanol–water partition coefficient (Wildman–Crippen LogP) is 2.86. The van der Waals surface area contributed by atoms with E-state index in [-0.39, 0.29) is 5.57 Å². The van der Waals surface area contributed by atoms with Gasteiger partial charge in [0.25, 0.3) is 5.79 Å². The van der Waals surface area contributed by atoms with Crippen molar-refractivity contribution in [1.29, 1.82) is 0 Å². The van der Waals surface area contributed by atoms with Crippen molar-refractivity contribution >= 4 is 34.1 Å². The van der Waals surface area contributed by atoms with Gasteiger partial charge in [0.05, 0.1) is 0 Å². The number of benzene rings is 1. The lowest BCUT2D eigenvalue weighted by Crippen LogP contribution is -2.44. The van der Waals surface area contributed by atoms with Gasteiger partial charge >= 0.3 is 11.9 Å². The Morgan fingerprint density at radius 2 is 1.71 bits per heavy atom. The topological polar surface area (TPSA) is 55.6 Å². The fourth-order valence-electron chi connectivity index (χ4n) is 2.24. The van der Waals surface area contributed by atoms with Crippen LogP contribution in [0.2, 0.25) is 0 Å². The number of carbonyl (C=O) groups excluding carboxylic acids is 2. The van der Waals surface area contributed by atoms with Gasteiger partial charge in [0.2, 0.25) is 0 Å². The largest absolute Gasteiger partial charge is 0.418 e. The van der Waals surface area contributed by atoms with Crippen LogP contribution in [0.4, 0.5) is 0 Å². The summed E-state index contributed by atoms with van der Waals surface area (Å²) in [6.07, 6.45) is 4.97. The zero-order valence-corrected chi connectivity index (χ0v) is 15.6. The number of aryl methyl sites for hydroxylation is 1. The molecule has 0 bridgehead atoms. The minimum atomic E-state index is -1.25. The zero-order chi connectivity index (χ0) is 17.7. The first-order valence-electron chi connectivity index (χ1n) is 7.70. The fraction of sp³-hybridized carbons (Fsp3) is 0.389. The molecule has 24 heavy (non-hydrogen) atoms. The Morgan fingerprint density at radius 3 is 2.25 bits per heavy atom. The molecule has 0 spiro atoms. The number of ether oxygens (including phenoxy) is 2. The van der Waals surface area contributed by atoms with Crippen LogP contribution in [0.3, 0.4) is 0 Å². The maximum absolute atomic E-state index is 12.1. The summed E-state index contributed by atoms with van der Waals surface area (Å²) < 4.78 is 13.5. The van der Waals surface area contributed by atoms with Crippen LogP contribution in [-0.2, 0) is 25.5 Å². The number of nitrogens with zero attached hydrogens (tertiary/aromatic N) is 1. The Labute approximate surface area is 150 Å². The van der Waals surface area contributed by atoms with Gasteiger partial charge in [-0.2, -0.15) is 0 Å². The molecular weight excluding hydrogens is 374 g/mol. The van der Waals surface area contributed by atoms with E-state index in [1.165, 1.54) is 0 Å². The van der Waals surface area contributed by atoms with Crippen LogP contribution in [0.15, 0.2) is 40.4 Å². The van der Waals surface area contributed by atoms with E-state index in [9.17, 15) is 9.59 Å². The summed E-state index contributed by atoms with van der Waals surface area (Å²) in [7, 11) is 3.70. The molecule has 6 heteroatoms. The summed E-state index contributed by atoms with van der Waals surface area (Å²) >= 11 is 3.38. The SMILES string of the molecule is C[N+](C)=CCC1(C)OC(=O)C(=CCCc2ccc(Br)cc2)C(=O)O1. The van der Waals surface area contributed by atoms with Crippen molar-refractivity contribution in [1.82, 2.24) is 0 Å². The molecule has 1 saturated heterocycles. The number of halogens is 1. The quantitative estimate of drug-likeness (QED) is 0.253. The summed E-state index contributed by atoms with van der Waals surface area (Å²) in [4.78, 5) is 24.3. The van der Waals surface area contributed by atoms with Crippen molar-refractivity contribution in [3.05, 3.63) is 46.0 Å². The molecule has 1 heterocycles. The van der Waals surface area contributed by atoms with Crippen molar-refractivity contribution in [3.8, 4) is 0 Å². The van der Waals surface area contributed by atoms with Crippen molar-refractivity contribution in [3.63, 3.8) is 0 Å². The van der Waals surface area contributed by atoms with Gasteiger partial charge in [-0.05, 0) is 30.5 Å². The number of carbonyl (C=O) groups is 2. The highest BCUT2D eigenvalue weighted by Crippen LogP contribution is 2.26. The number of esters is 2. The summed E-state index contributed by atoms with van der Waals surface area (Å²) in [5.41, 5.74) is 1.09. The third kappa shape index (κ3) is 5.03. The minimum absolute atomic E-state index is 0.0329. The monoisotopic (exact) mass is 394 g/mol. The molecule has 0 N–H and O–H groups in total. The molecule has 0 aromatic heterocycles. The zero-order valence-electron chi connectivity index (χ0n) is 14.0. The second kappa shape index (κ2) is 7.75. The van der Waals surface area contributed by atoms with Crippen molar-refractivity contribution < 1.29 is 23.6 Å². The van der Waals surface area contributed by atoms with Crippen LogP contribution in [0, 0.1) is 0 Å². The molecular formula is C18H21BrNO4+. The number of rotatable bonds is 5. The van der Waals surface area contributed by atoms with Crippen LogP contribution in [0.1, 0.15) is 25.3 Å². The van der Waals surface area contributed by atoms with E-state index in [1.54, 1.807) is 19.2 Å². The third-order valence-electron chi connectivity index (χ3n) is 3.58. The molecule has 0 aliphatic carbocycles.